The van der Waals surface area contributed by atoms with E-state index in [1.165, 1.54) is 21.8 Å². The van der Waals surface area contributed by atoms with Gasteiger partial charge in [-0.2, -0.15) is 0 Å². The van der Waals surface area contributed by atoms with Crippen molar-refractivity contribution in [2.45, 2.75) is 38.9 Å². The highest BCUT2D eigenvalue weighted by Gasteiger charge is 2.52. The predicted octanol–water partition coefficient (Wildman–Crippen LogP) is 8.45. The first kappa shape index (κ1) is 25.3. The highest BCUT2D eigenvalue weighted by molar-refractivity contribution is 6.65. The number of pyridine rings is 1. The predicted molar refractivity (Wildman–Crippen MR) is 175 cm³/mol. The molecule has 1 aliphatic rings. The van der Waals surface area contributed by atoms with Gasteiger partial charge in [0.1, 0.15) is 0 Å². The topological polar surface area (TPSA) is 36.3 Å². The number of benzene rings is 5. The van der Waals surface area contributed by atoms with Crippen molar-refractivity contribution in [3.8, 4) is 16.9 Å². The average molecular weight is 546 g/mol. The number of rotatable bonds is 3. The lowest BCUT2D eigenvalue weighted by Gasteiger charge is -2.32. The van der Waals surface area contributed by atoms with E-state index in [1.807, 2.05) is 6.07 Å². The lowest BCUT2D eigenvalue weighted by atomic mass is 9.77. The summed E-state index contributed by atoms with van der Waals surface area (Å²) in [6, 6.07) is 40.8. The van der Waals surface area contributed by atoms with Gasteiger partial charge in [-0.05, 0) is 63.4 Å². The van der Waals surface area contributed by atoms with Gasteiger partial charge in [0.25, 0.3) is 0 Å². The molecular formula is C37H31BN2O2. The number of hydrogen-bond donors (Lipinski definition) is 0. The molecule has 0 bridgehead atoms. The van der Waals surface area contributed by atoms with Crippen molar-refractivity contribution < 1.29 is 9.31 Å². The Kier molecular flexibility index (Phi) is 5.43. The fourth-order valence-corrected chi connectivity index (χ4v) is 6.34. The summed E-state index contributed by atoms with van der Waals surface area (Å²) in [4.78, 5) is 5.40. The summed E-state index contributed by atoms with van der Waals surface area (Å²) in [5.74, 6) is 0. The molecule has 1 saturated heterocycles. The van der Waals surface area contributed by atoms with E-state index in [0.717, 1.165) is 44.1 Å². The molecule has 0 aliphatic carbocycles. The molecule has 0 spiro atoms. The lowest BCUT2D eigenvalue weighted by Crippen LogP contribution is -2.41. The van der Waals surface area contributed by atoms with Crippen LogP contribution in [0.2, 0.25) is 0 Å². The molecule has 8 rings (SSSR count). The van der Waals surface area contributed by atoms with Crippen LogP contribution in [0.25, 0.3) is 60.4 Å². The monoisotopic (exact) mass is 546 g/mol. The molecule has 0 radical (unpaired) electrons. The van der Waals surface area contributed by atoms with Gasteiger partial charge in [0.15, 0.2) is 0 Å². The summed E-state index contributed by atoms with van der Waals surface area (Å²) in [7, 11) is -0.508. The van der Waals surface area contributed by atoms with Crippen LogP contribution in [0.5, 0.6) is 0 Å². The van der Waals surface area contributed by atoms with Crippen LogP contribution in [0.3, 0.4) is 0 Å². The molecule has 0 unspecified atom stereocenters. The first-order chi connectivity index (χ1) is 20.3. The fourth-order valence-electron chi connectivity index (χ4n) is 6.34. The van der Waals surface area contributed by atoms with Crippen molar-refractivity contribution in [2.75, 3.05) is 0 Å². The highest BCUT2D eigenvalue weighted by Crippen LogP contribution is 2.41. The minimum Gasteiger partial charge on any atom is -0.399 e. The van der Waals surface area contributed by atoms with Crippen LogP contribution in [-0.4, -0.2) is 27.9 Å². The summed E-state index contributed by atoms with van der Waals surface area (Å²) in [6.45, 7) is 8.37. The standard InChI is InChI=1S/C37H31BN2O2/c1-36(2)37(3,4)42-38(41-36)31-20-13-19-27-28-23-33-29(22-30(28)34(39-35(27)31)24-14-7-5-8-15-24)26-18-11-12-21-32(26)40(33)25-16-9-6-10-17-25/h5-23H,1-4H3. The molecule has 0 atom stereocenters. The third-order valence-corrected chi connectivity index (χ3v) is 9.22. The molecule has 5 aromatic carbocycles. The quantitative estimate of drug-likeness (QED) is 0.165. The maximum atomic E-state index is 6.54. The van der Waals surface area contributed by atoms with Crippen LogP contribution < -0.4 is 5.46 Å². The number of fused-ring (bicyclic) bond motifs is 6. The van der Waals surface area contributed by atoms with Crippen molar-refractivity contribution in [2.24, 2.45) is 0 Å². The molecule has 1 aliphatic heterocycles. The maximum Gasteiger partial charge on any atom is 0.497 e. The highest BCUT2D eigenvalue weighted by atomic mass is 16.7. The summed E-state index contributed by atoms with van der Waals surface area (Å²) < 4.78 is 15.4. The van der Waals surface area contributed by atoms with Crippen molar-refractivity contribution >= 4 is 56.1 Å². The second-order valence-corrected chi connectivity index (χ2v) is 12.3. The molecule has 0 saturated carbocycles. The van der Waals surface area contributed by atoms with Crippen molar-refractivity contribution in [3.63, 3.8) is 0 Å². The van der Waals surface area contributed by atoms with Crippen LogP contribution in [0, 0.1) is 0 Å². The molecule has 7 aromatic rings. The zero-order chi connectivity index (χ0) is 28.6. The molecule has 5 heteroatoms. The average Bonchev–Trinajstić information content (AvgIpc) is 3.44. The molecule has 3 heterocycles. The number of aromatic nitrogens is 2. The van der Waals surface area contributed by atoms with Crippen molar-refractivity contribution in [3.05, 3.63) is 115 Å². The minimum atomic E-state index is -0.508. The molecule has 0 amide bonds. The largest absolute Gasteiger partial charge is 0.497 e. The Morgan fingerprint density at radius 2 is 1.21 bits per heavy atom. The summed E-state index contributed by atoms with van der Waals surface area (Å²) in [5, 5.41) is 5.81. The Labute approximate surface area is 245 Å². The van der Waals surface area contributed by atoms with Gasteiger partial charge in [-0.25, -0.2) is 4.98 Å². The van der Waals surface area contributed by atoms with Crippen molar-refractivity contribution in [1.29, 1.82) is 0 Å². The van der Waals surface area contributed by atoms with E-state index in [0.29, 0.717) is 0 Å². The van der Waals surface area contributed by atoms with E-state index >= 15 is 0 Å². The van der Waals surface area contributed by atoms with Gasteiger partial charge in [-0.3, -0.25) is 0 Å². The van der Waals surface area contributed by atoms with Gasteiger partial charge in [0, 0.05) is 38.3 Å². The molecule has 0 N–H and O–H groups in total. The van der Waals surface area contributed by atoms with E-state index < -0.39 is 18.3 Å². The summed E-state index contributed by atoms with van der Waals surface area (Å²) >= 11 is 0. The zero-order valence-electron chi connectivity index (χ0n) is 24.3. The van der Waals surface area contributed by atoms with E-state index in [4.69, 9.17) is 14.3 Å². The van der Waals surface area contributed by atoms with Gasteiger partial charge in [-0.15, -0.1) is 0 Å². The van der Waals surface area contributed by atoms with Gasteiger partial charge >= 0.3 is 7.12 Å². The Morgan fingerprint density at radius 3 is 1.95 bits per heavy atom. The maximum absolute atomic E-state index is 6.54. The zero-order valence-corrected chi connectivity index (χ0v) is 24.3. The van der Waals surface area contributed by atoms with E-state index in [2.05, 4.69) is 141 Å². The Balaban J connectivity index is 1.50. The van der Waals surface area contributed by atoms with Gasteiger partial charge in [-0.1, -0.05) is 84.9 Å². The van der Waals surface area contributed by atoms with E-state index in [-0.39, 0.29) is 0 Å². The van der Waals surface area contributed by atoms with Crippen LogP contribution >= 0.6 is 0 Å². The number of para-hydroxylation sites is 3. The summed E-state index contributed by atoms with van der Waals surface area (Å²) in [5.41, 5.74) is 6.51. The Hall–Kier alpha value is -4.45. The first-order valence-corrected chi connectivity index (χ1v) is 14.6. The molecule has 204 valence electrons. The Morgan fingerprint density at radius 1 is 0.571 bits per heavy atom. The second kappa shape index (κ2) is 9.03. The second-order valence-electron chi connectivity index (χ2n) is 12.3. The minimum absolute atomic E-state index is 0.443. The molecule has 4 nitrogen and oxygen atoms in total. The van der Waals surface area contributed by atoms with Crippen LogP contribution in [0.4, 0.5) is 0 Å². The summed E-state index contributed by atoms with van der Waals surface area (Å²) in [6.07, 6.45) is 0. The molecule has 42 heavy (non-hydrogen) atoms. The molecular weight excluding hydrogens is 515 g/mol. The normalized spacial score (nSPS) is 16.2. The van der Waals surface area contributed by atoms with E-state index in [9.17, 15) is 0 Å². The number of nitrogens with zero attached hydrogens (tertiary/aromatic N) is 2. The van der Waals surface area contributed by atoms with Crippen LogP contribution in [0.15, 0.2) is 115 Å². The molecule has 1 fully saturated rings. The number of hydrogen-bond acceptors (Lipinski definition) is 3. The van der Waals surface area contributed by atoms with Crippen LogP contribution in [0.1, 0.15) is 27.7 Å². The molecule has 2 aromatic heterocycles. The third-order valence-electron chi connectivity index (χ3n) is 9.22. The van der Waals surface area contributed by atoms with Crippen LogP contribution in [-0.2, 0) is 9.31 Å². The lowest BCUT2D eigenvalue weighted by molar-refractivity contribution is 0.00578. The third kappa shape index (κ3) is 3.67. The van der Waals surface area contributed by atoms with E-state index in [1.54, 1.807) is 0 Å². The van der Waals surface area contributed by atoms with Gasteiger partial charge in [0.2, 0.25) is 0 Å². The van der Waals surface area contributed by atoms with Gasteiger partial charge < -0.3 is 13.9 Å². The van der Waals surface area contributed by atoms with Gasteiger partial charge in [0.05, 0.1) is 33.4 Å². The Bertz CT molecular complexity index is 2130. The van der Waals surface area contributed by atoms with Crippen molar-refractivity contribution in [1.82, 2.24) is 9.55 Å². The fraction of sp³-hybridized carbons (Fsp3) is 0.162. The first-order valence-electron chi connectivity index (χ1n) is 14.6. The SMILES string of the molecule is CC1(C)OB(c2cccc3c2nc(-c2ccccc2)c2cc4c5ccccc5n(-c5ccccc5)c4cc23)OC1(C)C. The smallest absolute Gasteiger partial charge is 0.399 e.